The number of rotatable bonds is 5. The van der Waals surface area contributed by atoms with E-state index in [9.17, 15) is 8.42 Å². The van der Waals surface area contributed by atoms with Crippen molar-refractivity contribution >= 4 is 21.4 Å². The van der Waals surface area contributed by atoms with E-state index in [1.165, 1.54) is 14.2 Å². The summed E-state index contributed by atoms with van der Waals surface area (Å²) >= 11 is 6.12. The number of hydrogen-bond donors (Lipinski definition) is 1. The van der Waals surface area contributed by atoms with Crippen molar-refractivity contribution in [3.8, 4) is 11.5 Å². The molecular weight excluding hydrogens is 290 g/mol. The summed E-state index contributed by atoms with van der Waals surface area (Å²) in [4.78, 5) is 0. The van der Waals surface area contributed by atoms with Gasteiger partial charge in [0.25, 0.3) is 0 Å². The van der Waals surface area contributed by atoms with Crippen LogP contribution in [0.25, 0.3) is 0 Å². The topological polar surface area (TPSA) is 78.6 Å². The molecule has 0 radical (unpaired) electrons. The first-order chi connectivity index (χ1) is 8.72. The van der Waals surface area contributed by atoms with Gasteiger partial charge in [0.1, 0.15) is 0 Å². The van der Waals surface area contributed by atoms with Gasteiger partial charge in [0.2, 0.25) is 0 Å². The van der Waals surface area contributed by atoms with Crippen LogP contribution >= 0.6 is 11.6 Å². The Labute approximate surface area is 118 Å². The molecular formula is C12H18ClNO4S. The van der Waals surface area contributed by atoms with E-state index in [2.05, 4.69) is 0 Å². The van der Waals surface area contributed by atoms with E-state index in [1.54, 1.807) is 19.1 Å². The molecule has 0 aliphatic rings. The van der Waals surface area contributed by atoms with E-state index in [4.69, 9.17) is 26.8 Å². The third-order valence-corrected chi connectivity index (χ3v) is 5.01. The fraction of sp³-hybridized carbons (Fsp3) is 0.500. The Balaban J connectivity index is 3.28. The zero-order valence-electron chi connectivity index (χ0n) is 11.3. The lowest BCUT2D eigenvalue weighted by atomic mass is 10.0. The van der Waals surface area contributed by atoms with Crippen LogP contribution in [-0.4, -0.2) is 34.1 Å². The van der Waals surface area contributed by atoms with E-state index in [0.29, 0.717) is 22.1 Å². The van der Waals surface area contributed by atoms with Crippen molar-refractivity contribution in [3.63, 3.8) is 0 Å². The maximum atomic E-state index is 11.6. The molecule has 1 aromatic carbocycles. The van der Waals surface area contributed by atoms with E-state index < -0.39 is 21.1 Å². The largest absolute Gasteiger partial charge is 0.493 e. The van der Waals surface area contributed by atoms with Gasteiger partial charge in [-0.2, -0.15) is 0 Å². The zero-order valence-corrected chi connectivity index (χ0v) is 12.9. The fourth-order valence-electron chi connectivity index (χ4n) is 1.64. The lowest BCUT2D eigenvalue weighted by Gasteiger charge is -2.21. The molecule has 0 heterocycles. The highest BCUT2D eigenvalue weighted by Crippen LogP contribution is 2.36. The fourth-order valence-corrected chi connectivity index (χ4v) is 2.60. The van der Waals surface area contributed by atoms with Gasteiger partial charge in [-0.25, -0.2) is 8.42 Å². The highest BCUT2D eigenvalue weighted by molar-refractivity contribution is 7.91. The molecule has 0 spiro atoms. The zero-order chi connectivity index (χ0) is 14.8. The number of ether oxygens (including phenoxy) is 2. The molecule has 19 heavy (non-hydrogen) atoms. The first kappa shape index (κ1) is 16.1. The van der Waals surface area contributed by atoms with Crippen molar-refractivity contribution in [2.75, 3.05) is 20.5 Å². The molecule has 7 heteroatoms. The van der Waals surface area contributed by atoms with Crippen LogP contribution in [-0.2, 0) is 9.84 Å². The van der Waals surface area contributed by atoms with Crippen LogP contribution in [0.1, 0.15) is 18.5 Å². The van der Waals surface area contributed by atoms with Crippen LogP contribution in [0.4, 0.5) is 0 Å². The Morgan fingerprint density at radius 1 is 1.21 bits per heavy atom. The number of methoxy groups -OCH3 is 2. The maximum Gasteiger partial charge on any atom is 0.162 e. The van der Waals surface area contributed by atoms with Crippen LogP contribution in [0.15, 0.2) is 12.1 Å². The van der Waals surface area contributed by atoms with Gasteiger partial charge in [-0.1, -0.05) is 11.6 Å². The minimum absolute atomic E-state index is 0.348. The van der Waals surface area contributed by atoms with Crippen LogP contribution in [0.5, 0.6) is 11.5 Å². The first-order valence-electron chi connectivity index (χ1n) is 5.58. The van der Waals surface area contributed by atoms with Gasteiger partial charge < -0.3 is 15.2 Å². The smallest absolute Gasteiger partial charge is 0.162 e. The number of sulfone groups is 1. The SMILES string of the molecule is COc1cc(Cl)c(C(N)C(C)S(C)(=O)=O)cc1OC. The van der Waals surface area contributed by atoms with Crippen molar-refractivity contribution in [1.29, 1.82) is 0 Å². The molecule has 1 aromatic rings. The number of halogens is 1. The van der Waals surface area contributed by atoms with Crippen molar-refractivity contribution in [3.05, 3.63) is 22.7 Å². The van der Waals surface area contributed by atoms with Gasteiger partial charge in [-0.05, 0) is 18.6 Å². The van der Waals surface area contributed by atoms with Crippen molar-refractivity contribution in [2.45, 2.75) is 18.2 Å². The third kappa shape index (κ3) is 3.52. The van der Waals surface area contributed by atoms with Crippen LogP contribution < -0.4 is 15.2 Å². The van der Waals surface area contributed by atoms with Gasteiger partial charge in [0.05, 0.1) is 19.5 Å². The number of benzene rings is 1. The van der Waals surface area contributed by atoms with Gasteiger partial charge >= 0.3 is 0 Å². The lowest BCUT2D eigenvalue weighted by molar-refractivity contribution is 0.354. The van der Waals surface area contributed by atoms with Crippen molar-refractivity contribution < 1.29 is 17.9 Å². The highest BCUT2D eigenvalue weighted by atomic mass is 35.5. The van der Waals surface area contributed by atoms with Gasteiger partial charge in [0, 0.05) is 23.4 Å². The molecule has 108 valence electrons. The predicted octanol–water partition coefficient (Wildman–Crippen LogP) is 1.79. The molecule has 5 nitrogen and oxygen atoms in total. The minimum atomic E-state index is -3.26. The summed E-state index contributed by atoms with van der Waals surface area (Å²) in [6.45, 7) is 1.55. The Kier molecular flexibility index (Phi) is 5.06. The summed E-state index contributed by atoms with van der Waals surface area (Å²) in [6, 6.07) is 2.43. The lowest BCUT2D eigenvalue weighted by Crippen LogP contribution is -2.30. The second kappa shape index (κ2) is 5.98. The van der Waals surface area contributed by atoms with E-state index in [0.717, 1.165) is 6.26 Å². The van der Waals surface area contributed by atoms with Crippen molar-refractivity contribution in [2.24, 2.45) is 5.73 Å². The summed E-state index contributed by atoms with van der Waals surface area (Å²) in [7, 11) is -0.278. The standard InChI is InChI=1S/C12H18ClNO4S/c1-7(19(4,15)16)12(14)8-5-10(17-2)11(18-3)6-9(8)13/h5-7,12H,14H2,1-4H3. The van der Waals surface area contributed by atoms with Crippen LogP contribution in [0, 0.1) is 0 Å². The van der Waals surface area contributed by atoms with E-state index in [-0.39, 0.29) is 0 Å². The Bertz CT molecular complexity index is 559. The summed E-state index contributed by atoms with van der Waals surface area (Å²) in [5, 5.41) is -0.399. The van der Waals surface area contributed by atoms with Gasteiger partial charge in [-0.15, -0.1) is 0 Å². The normalized spacial score (nSPS) is 14.8. The maximum absolute atomic E-state index is 11.6. The average Bonchev–Trinajstić information content (AvgIpc) is 2.35. The Morgan fingerprint density at radius 2 is 1.68 bits per heavy atom. The minimum Gasteiger partial charge on any atom is -0.493 e. The molecule has 0 aromatic heterocycles. The first-order valence-corrected chi connectivity index (χ1v) is 7.91. The Hall–Kier alpha value is -0.980. The van der Waals surface area contributed by atoms with Crippen LogP contribution in [0.3, 0.4) is 0 Å². The molecule has 0 saturated heterocycles. The molecule has 0 aliphatic heterocycles. The monoisotopic (exact) mass is 307 g/mol. The van der Waals surface area contributed by atoms with E-state index >= 15 is 0 Å². The summed E-state index contributed by atoms with van der Waals surface area (Å²) in [5.41, 5.74) is 6.49. The van der Waals surface area contributed by atoms with Gasteiger partial charge in [0.15, 0.2) is 21.3 Å². The molecule has 2 atom stereocenters. The third-order valence-electron chi connectivity index (χ3n) is 3.04. The summed E-state index contributed by atoms with van der Waals surface area (Å²) in [6.07, 6.45) is 1.15. The molecule has 0 fully saturated rings. The second-order valence-corrected chi connectivity index (χ2v) is 7.10. The number of hydrogen-bond acceptors (Lipinski definition) is 5. The molecule has 0 saturated carbocycles. The average molecular weight is 308 g/mol. The Morgan fingerprint density at radius 3 is 2.11 bits per heavy atom. The number of nitrogens with two attached hydrogens (primary N) is 1. The summed E-state index contributed by atoms with van der Waals surface area (Å²) < 4.78 is 33.4. The molecule has 2 N–H and O–H groups in total. The quantitative estimate of drug-likeness (QED) is 0.897. The van der Waals surface area contributed by atoms with Crippen LogP contribution in [0.2, 0.25) is 5.02 Å². The summed E-state index contributed by atoms with van der Waals surface area (Å²) in [5.74, 6) is 0.925. The van der Waals surface area contributed by atoms with Crippen molar-refractivity contribution in [1.82, 2.24) is 0 Å². The second-order valence-electron chi connectivity index (χ2n) is 4.29. The predicted molar refractivity (Wildman–Crippen MR) is 75.8 cm³/mol. The van der Waals surface area contributed by atoms with E-state index in [1.807, 2.05) is 0 Å². The molecule has 1 rings (SSSR count). The molecule has 0 amide bonds. The highest BCUT2D eigenvalue weighted by Gasteiger charge is 2.27. The molecule has 0 aliphatic carbocycles. The van der Waals surface area contributed by atoms with Gasteiger partial charge in [-0.3, -0.25) is 0 Å². The molecule has 2 unspecified atom stereocenters. The molecule has 0 bridgehead atoms.